The van der Waals surface area contributed by atoms with Crippen LogP contribution in [0.5, 0.6) is 0 Å². The van der Waals surface area contributed by atoms with Crippen LogP contribution in [0, 0.1) is 0 Å². The van der Waals surface area contributed by atoms with Crippen LogP contribution < -0.4 is 0 Å². The van der Waals surface area contributed by atoms with E-state index in [0.29, 0.717) is 45.2 Å². The molecule has 0 bridgehead atoms. The van der Waals surface area contributed by atoms with Gasteiger partial charge in [0.15, 0.2) is 0 Å². The molecular weight excluding hydrogens is 244 g/mol. The first kappa shape index (κ1) is 14.8. The Hall–Kier alpha value is -0.650. The van der Waals surface area contributed by atoms with Gasteiger partial charge in [0.2, 0.25) is 5.91 Å². The molecule has 1 saturated carbocycles. The molecule has 1 N–H and O–H groups in total. The van der Waals surface area contributed by atoms with E-state index in [1.165, 1.54) is 0 Å². The molecule has 1 aliphatic carbocycles. The van der Waals surface area contributed by atoms with Crippen LogP contribution in [0.3, 0.4) is 0 Å². The Bertz CT molecular complexity index is 312. The van der Waals surface area contributed by atoms with Crippen molar-refractivity contribution >= 4 is 5.91 Å². The van der Waals surface area contributed by atoms with E-state index in [4.69, 9.17) is 4.74 Å². The van der Waals surface area contributed by atoms with Gasteiger partial charge in [-0.1, -0.05) is 0 Å². The molecule has 1 saturated heterocycles. The Morgan fingerprint density at radius 1 is 1.37 bits per heavy atom. The maximum atomic E-state index is 12.2. The maximum absolute atomic E-state index is 12.2. The predicted octanol–water partition coefficient (Wildman–Crippen LogP) is 0.471. The van der Waals surface area contributed by atoms with E-state index in [2.05, 4.69) is 0 Å². The van der Waals surface area contributed by atoms with Crippen molar-refractivity contribution in [3.05, 3.63) is 0 Å². The minimum Gasteiger partial charge on any atom is -0.388 e. The third-order valence-corrected chi connectivity index (χ3v) is 4.04. The third kappa shape index (κ3) is 4.16. The standard InChI is InChI=1S/C14H26N2O3/c1-3-16(12-4-5-12)13(17)10-15(2)11-14(18)6-8-19-9-7-14/h12,18H,3-11H2,1-2H3. The van der Waals surface area contributed by atoms with Crippen LogP contribution in [-0.4, -0.2) is 72.4 Å². The smallest absolute Gasteiger partial charge is 0.236 e. The number of nitrogens with zero attached hydrogens (tertiary/aromatic N) is 2. The molecule has 2 fully saturated rings. The van der Waals surface area contributed by atoms with Crippen molar-refractivity contribution in [1.29, 1.82) is 0 Å². The van der Waals surface area contributed by atoms with E-state index < -0.39 is 5.60 Å². The van der Waals surface area contributed by atoms with Gasteiger partial charge in [0.25, 0.3) is 0 Å². The average molecular weight is 270 g/mol. The molecule has 110 valence electrons. The van der Waals surface area contributed by atoms with E-state index >= 15 is 0 Å². The monoisotopic (exact) mass is 270 g/mol. The van der Waals surface area contributed by atoms with Crippen LogP contribution in [0.25, 0.3) is 0 Å². The lowest BCUT2D eigenvalue weighted by molar-refractivity contribution is -0.134. The lowest BCUT2D eigenvalue weighted by Crippen LogP contribution is -2.48. The Morgan fingerprint density at radius 3 is 2.53 bits per heavy atom. The number of rotatable bonds is 6. The lowest BCUT2D eigenvalue weighted by Gasteiger charge is -2.35. The summed E-state index contributed by atoms with van der Waals surface area (Å²) in [5.41, 5.74) is -0.691. The molecule has 0 aromatic rings. The van der Waals surface area contributed by atoms with Gasteiger partial charge >= 0.3 is 0 Å². The average Bonchev–Trinajstić information content (AvgIpc) is 3.14. The number of aliphatic hydroxyl groups is 1. The Labute approximate surface area is 115 Å². The molecule has 0 atom stereocenters. The number of carbonyl (C=O) groups excluding carboxylic acids is 1. The lowest BCUT2D eigenvalue weighted by atomic mass is 9.94. The molecular formula is C14H26N2O3. The van der Waals surface area contributed by atoms with Crippen molar-refractivity contribution in [3.8, 4) is 0 Å². The van der Waals surface area contributed by atoms with Crippen LogP contribution in [0.2, 0.25) is 0 Å². The number of carbonyl (C=O) groups is 1. The van der Waals surface area contributed by atoms with Gasteiger partial charge in [0, 0.05) is 45.2 Å². The molecule has 19 heavy (non-hydrogen) atoms. The van der Waals surface area contributed by atoms with Crippen molar-refractivity contribution in [2.24, 2.45) is 0 Å². The van der Waals surface area contributed by atoms with Gasteiger partial charge in [0.05, 0.1) is 12.1 Å². The molecule has 2 aliphatic rings. The van der Waals surface area contributed by atoms with Gasteiger partial charge < -0.3 is 14.7 Å². The highest BCUT2D eigenvalue weighted by Crippen LogP contribution is 2.27. The molecule has 1 amide bonds. The van der Waals surface area contributed by atoms with E-state index in [1.807, 2.05) is 23.8 Å². The van der Waals surface area contributed by atoms with Crippen molar-refractivity contribution in [1.82, 2.24) is 9.80 Å². The second kappa shape index (κ2) is 6.20. The Balaban J connectivity index is 1.79. The van der Waals surface area contributed by atoms with E-state index in [0.717, 1.165) is 19.4 Å². The number of likely N-dealkylation sites (N-methyl/N-ethyl adjacent to an activating group) is 2. The summed E-state index contributed by atoms with van der Waals surface area (Å²) in [7, 11) is 1.91. The molecule has 1 aliphatic heterocycles. The Kier molecular flexibility index (Phi) is 4.81. The molecule has 0 spiro atoms. The summed E-state index contributed by atoms with van der Waals surface area (Å²) in [6.07, 6.45) is 3.60. The second-order valence-corrected chi connectivity index (χ2v) is 5.92. The maximum Gasteiger partial charge on any atom is 0.236 e. The van der Waals surface area contributed by atoms with Gasteiger partial charge in [-0.25, -0.2) is 0 Å². The van der Waals surface area contributed by atoms with Gasteiger partial charge in [-0.3, -0.25) is 9.69 Å². The van der Waals surface area contributed by atoms with Crippen LogP contribution in [0.4, 0.5) is 0 Å². The molecule has 1 heterocycles. The zero-order chi connectivity index (χ0) is 13.9. The summed E-state index contributed by atoms with van der Waals surface area (Å²) in [6, 6.07) is 0.470. The first-order chi connectivity index (χ1) is 9.04. The summed E-state index contributed by atoms with van der Waals surface area (Å²) >= 11 is 0. The van der Waals surface area contributed by atoms with Crippen LogP contribution in [0.15, 0.2) is 0 Å². The van der Waals surface area contributed by atoms with E-state index in [-0.39, 0.29) is 5.91 Å². The first-order valence-electron chi connectivity index (χ1n) is 7.32. The van der Waals surface area contributed by atoms with Crippen LogP contribution >= 0.6 is 0 Å². The van der Waals surface area contributed by atoms with Gasteiger partial charge in [-0.15, -0.1) is 0 Å². The fourth-order valence-corrected chi connectivity index (χ4v) is 2.81. The first-order valence-corrected chi connectivity index (χ1v) is 7.32. The van der Waals surface area contributed by atoms with Crippen LogP contribution in [0.1, 0.15) is 32.6 Å². The third-order valence-electron chi connectivity index (χ3n) is 4.04. The normalized spacial score (nSPS) is 22.5. The van der Waals surface area contributed by atoms with E-state index in [1.54, 1.807) is 0 Å². The SMILES string of the molecule is CCN(C(=O)CN(C)CC1(O)CCOCC1)C1CC1. The highest BCUT2D eigenvalue weighted by Gasteiger charge is 2.34. The van der Waals surface area contributed by atoms with Gasteiger partial charge in [0.1, 0.15) is 0 Å². The topological polar surface area (TPSA) is 53.0 Å². The molecule has 0 unspecified atom stereocenters. The van der Waals surface area contributed by atoms with Gasteiger partial charge in [-0.2, -0.15) is 0 Å². The number of hydrogen-bond acceptors (Lipinski definition) is 4. The number of hydrogen-bond donors (Lipinski definition) is 1. The number of ether oxygens (including phenoxy) is 1. The summed E-state index contributed by atoms with van der Waals surface area (Å²) in [4.78, 5) is 16.1. The second-order valence-electron chi connectivity index (χ2n) is 5.92. The fraction of sp³-hybridized carbons (Fsp3) is 0.929. The summed E-state index contributed by atoms with van der Waals surface area (Å²) in [5, 5.41) is 10.4. The summed E-state index contributed by atoms with van der Waals surface area (Å²) in [5.74, 6) is 0.183. The van der Waals surface area contributed by atoms with Crippen molar-refractivity contribution in [2.75, 3.05) is 39.9 Å². The fourth-order valence-electron chi connectivity index (χ4n) is 2.81. The molecule has 5 heteroatoms. The Morgan fingerprint density at radius 2 is 2.00 bits per heavy atom. The summed E-state index contributed by atoms with van der Waals surface area (Å²) < 4.78 is 5.27. The summed E-state index contributed by atoms with van der Waals surface area (Å²) in [6.45, 7) is 4.98. The van der Waals surface area contributed by atoms with Crippen molar-refractivity contribution in [3.63, 3.8) is 0 Å². The minimum absolute atomic E-state index is 0.183. The molecule has 2 rings (SSSR count). The zero-order valence-corrected chi connectivity index (χ0v) is 12.1. The molecule has 0 aromatic heterocycles. The number of amides is 1. The van der Waals surface area contributed by atoms with Crippen molar-refractivity contribution in [2.45, 2.75) is 44.2 Å². The van der Waals surface area contributed by atoms with Gasteiger partial charge in [-0.05, 0) is 26.8 Å². The predicted molar refractivity (Wildman–Crippen MR) is 72.9 cm³/mol. The van der Waals surface area contributed by atoms with Crippen LogP contribution in [-0.2, 0) is 9.53 Å². The molecule has 0 radical (unpaired) electrons. The molecule has 5 nitrogen and oxygen atoms in total. The largest absolute Gasteiger partial charge is 0.388 e. The highest BCUT2D eigenvalue weighted by atomic mass is 16.5. The molecule has 0 aromatic carbocycles. The van der Waals surface area contributed by atoms with Crippen molar-refractivity contribution < 1.29 is 14.6 Å². The van der Waals surface area contributed by atoms with E-state index in [9.17, 15) is 9.90 Å². The highest BCUT2D eigenvalue weighted by molar-refractivity contribution is 5.78. The minimum atomic E-state index is -0.691. The zero-order valence-electron chi connectivity index (χ0n) is 12.1. The quantitative estimate of drug-likeness (QED) is 0.762.